The lowest BCUT2D eigenvalue weighted by molar-refractivity contribution is 0.383. The van der Waals surface area contributed by atoms with Gasteiger partial charge in [0.05, 0.1) is 0 Å². The van der Waals surface area contributed by atoms with E-state index in [4.69, 9.17) is 0 Å². The van der Waals surface area contributed by atoms with E-state index in [1.807, 2.05) is 6.92 Å². The molecule has 1 fully saturated rings. The van der Waals surface area contributed by atoms with E-state index in [1.54, 1.807) is 6.26 Å². The second kappa shape index (κ2) is 5.86. The molecule has 84 valence electrons. The van der Waals surface area contributed by atoms with Gasteiger partial charge in [-0.05, 0) is 32.6 Å². The first-order valence-electron chi connectivity index (χ1n) is 5.67. The molecule has 0 saturated heterocycles. The SMILES string of the molecule is CC(NCC(C)S(C)=O)C1CCCC1. The van der Waals surface area contributed by atoms with Gasteiger partial charge in [0, 0.05) is 34.9 Å². The molecular weight excluding hydrogens is 194 g/mol. The summed E-state index contributed by atoms with van der Waals surface area (Å²) in [6.45, 7) is 5.20. The molecule has 0 bridgehead atoms. The van der Waals surface area contributed by atoms with Crippen LogP contribution < -0.4 is 5.32 Å². The molecule has 2 nitrogen and oxygen atoms in total. The number of nitrogens with one attached hydrogen (secondary N) is 1. The smallest absolute Gasteiger partial charge is 0.0441 e. The van der Waals surface area contributed by atoms with Gasteiger partial charge in [0.1, 0.15) is 0 Å². The van der Waals surface area contributed by atoms with Gasteiger partial charge in [-0.2, -0.15) is 0 Å². The minimum atomic E-state index is -0.691. The van der Waals surface area contributed by atoms with Crippen LogP contribution in [0.5, 0.6) is 0 Å². The van der Waals surface area contributed by atoms with Crippen LogP contribution in [0.15, 0.2) is 0 Å². The zero-order chi connectivity index (χ0) is 10.6. The highest BCUT2D eigenvalue weighted by Gasteiger charge is 2.21. The Morgan fingerprint density at radius 3 is 2.43 bits per heavy atom. The number of rotatable bonds is 5. The van der Waals surface area contributed by atoms with Crippen LogP contribution in [-0.2, 0) is 10.8 Å². The molecule has 1 N–H and O–H groups in total. The first-order chi connectivity index (χ1) is 6.61. The Balaban J connectivity index is 2.19. The van der Waals surface area contributed by atoms with E-state index in [9.17, 15) is 4.21 Å². The minimum absolute atomic E-state index is 0.277. The summed E-state index contributed by atoms with van der Waals surface area (Å²) in [6, 6.07) is 0.600. The summed E-state index contributed by atoms with van der Waals surface area (Å²) in [7, 11) is -0.691. The zero-order valence-electron chi connectivity index (χ0n) is 9.58. The summed E-state index contributed by atoms with van der Waals surface area (Å²) < 4.78 is 11.1. The lowest BCUT2D eigenvalue weighted by atomic mass is 10.00. The largest absolute Gasteiger partial charge is 0.313 e. The number of hydrogen-bond donors (Lipinski definition) is 1. The molecule has 1 aliphatic rings. The van der Waals surface area contributed by atoms with Gasteiger partial charge >= 0.3 is 0 Å². The van der Waals surface area contributed by atoms with Gasteiger partial charge in [-0.3, -0.25) is 4.21 Å². The molecule has 1 rings (SSSR count). The van der Waals surface area contributed by atoms with Crippen LogP contribution in [-0.4, -0.2) is 28.3 Å². The highest BCUT2D eigenvalue weighted by Crippen LogP contribution is 2.27. The molecule has 0 heterocycles. The van der Waals surface area contributed by atoms with Crippen LogP contribution in [0.2, 0.25) is 0 Å². The van der Waals surface area contributed by atoms with Crippen molar-refractivity contribution in [2.75, 3.05) is 12.8 Å². The molecule has 1 saturated carbocycles. The molecule has 14 heavy (non-hydrogen) atoms. The zero-order valence-corrected chi connectivity index (χ0v) is 10.4. The summed E-state index contributed by atoms with van der Waals surface area (Å²) in [6.07, 6.45) is 7.32. The van der Waals surface area contributed by atoms with Gasteiger partial charge in [-0.15, -0.1) is 0 Å². The highest BCUT2D eigenvalue weighted by atomic mass is 32.2. The van der Waals surface area contributed by atoms with E-state index in [0.717, 1.165) is 12.5 Å². The Bertz CT molecular complexity index is 190. The molecule has 1 aliphatic carbocycles. The van der Waals surface area contributed by atoms with Gasteiger partial charge in [0.25, 0.3) is 0 Å². The third kappa shape index (κ3) is 3.70. The van der Waals surface area contributed by atoms with Crippen molar-refractivity contribution in [1.82, 2.24) is 5.32 Å². The second-order valence-electron chi connectivity index (χ2n) is 4.55. The average molecular weight is 217 g/mol. The molecule has 3 heteroatoms. The van der Waals surface area contributed by atoms with Crippen molar-refractivity contribution in [3.8, 4) is 0 Å². The first-order valence-corrected chi connectivity index (χ1v) is 7.29. The average Bonchev–Trinajstić information content (AvgIpc) is 2.66. The first kappa shape index (κ1) is 12.2. The van der Waals surface area contributed by atoms with Crippen molar-refractivity contribution in [1.29, 1.82) is 0 Å². The van der Waals surface area contributed by atoms with Crippen LogP contribution in [0.1, 0.15) is 39.5 Å². The predicted molar refractivity (Wildman–Crippen MR) is 63.0 cm³/mol. The van der Waals surface area contributed by atoms with Gasteiger partial charge in [-0.1, -0.05) is 12.8 Å². The molecule has 0 aliphatic heterocycles. The Kier molecular flexibility index (Phi) is 5.10. The van der Waals surface area contributed by atoms with Crippen LogP contribution in [0.4, 0.5) is 0 Å². The van der Waals surface area contributed by atoms with Gasteiger partial charge in [0.15, 0.2) is 0 Å². The Hall–Kier alpha value is 0.110. The normalized spacial score (nSPS) is 24.8. The van der Waals surface area contributed by atoms with Gasteiger partial charge < -0.3 is 5.32 Å². The maximum atomic E-state index is 11.1. The topological polar surface area (TPSA) is 29.1 Å². The summed E-state index contributed by atoms with van der Waals surface area (Å²) in [5.41, 5.74) is 0. The minimum Gasteiger partial charge on any atom is -0.313 e. The standard InChI is InChI=1S/C11H23NOS/c1-9(14(3)13)8-12-10(2)11-6-4-5-7-11/h9-12H,4-8H2,1-3H3. The maximum Gasteiger partial charge on any atom is 0.0441 e. The van der Waals surface area contributed by atoms with Crippen LogP contribution in [0.3, 0.4) is 0 Å². The fraction of sp³-hybridized carbons (Fsp3) is 1.00. The van der Waals surface area contributed by atoms with Crippen LogP contribution >= 0.6 is 0 Å². The highest BCUT2D eigenvalue weighted by molar-refractivity contribution is 7.84. The van der Waals surface area contributed by atoms with Crippen molar-refractivity contribution in [2.45, 2.75) is 50.8 Å². The summed E-state index contributed by atoms with van der Waals surface area (Å²) in [5.74, 6) is 0.854. The Morgan fingerprint density at radius 2 is 1.93 bits per heavy atom. The second-order valence-corrected chi connectivity index (χ2v) is 6.35. The quantitative estimate of drug-likeness (QED) is 0.762. The number of hydrogen-bond acceptors (Lipinski definition) is 2. The van der Waals surface area contributed by atoms with Crippen molar-refractivity contribution in [3.05, 3.63) is 0 Å². The Labute approximate surface area is 90.3 Å². The van der Waals surface area contributed by atoms with E-state index in [0.29, 0.717) is 6.04 Å². The third-order valence-electron chi connectivity index (χ3n) is 3.40. The monoisotopic (exact) mass is 217 g/mol. The van der Waals surface area contributed by atoms with Gasteiger partial charge in [0.2, 0.25) is 0 Å². The summed E-state index contributed by atoms with van der Waals surface area (Å²) >= 11 is 0. The van der Waals surface area contributed by atoms with Crippen molar-refractivity contribution < 1.29 is 4.21 Å². The summed E-state index contributed by atoms with van der Waals surface area (Å²) in [5, 5.41) is 3.79. The van der Waals surface area contributed by atoms with Crippen LogP contribution in [0.25, 0.3) is 0 Å². The van der Waals surface area contributed by atoms with Gasteiger partial charge in [-0.25, -0.2) is 0 Å². The fourth-order valence-electron chi connectivity index (χ4n) is 2.09. The van der Waals surface area contributed by atoms with E-state index in [2.05, 4.69) is 12.2 Å². The maximum absolute atomic E-state index is 11.1. The van der Waals surface area contributed by atoms with E-state index >= 15 is 0 Å². The predicted octanol–water partition coefficient (Wildman–Crippen LogP) is 1.92. The molecule has 0 aromatic heterocycles. The molecule has 0 aromatic rings. The van der Waals surface area contributed by atoms with E-state index in [1.165, 1.54) is 25.7 Å². The summed E-state index contributed by atoms with van der Waals surface area (Å²) in [4.78, 5) is 0. The third-order valence-corrected chi connectivity index (χ3v) is 4.70. The molecule has 3 unspecified atom stereocenters. The van der Waals surface area contributed by atoms with E-state index < -0.39 is 10.8 Å². The molecule has 0 radical (unpaired) electrons. The van der Waals surface area contributed by atoms with Crippen molar-refractivity contribution in [2.24, 2.45) is 5.92 Å². The molecule has 0 aromatic carbocycles. The molecule has 0 spiro atoms. The lowest BCUT2D eigenvalue weighted by Crippen LogP contribution is -2.37. The Morgan fingerprint density at radius 1 is 1.36 bits per heavy atom. The lowest BCUT2D eigenvalue weighted by Gasteiger charge is -2.21. The molecular formula is C11H23NOS. The van der Waals surface area contributed by atoms with E-state index in [-0.39, 0.29) is 5.25 Å². The molecule has 0 amide bonds. The molecule has 3 atom stereocenters. The van der Waals surface area contributed by atoms with Crippen molar-refractivity contribution in [3.63, 3.8) is 0 Å². The van der Waals surface area contributed by atoms with Crippen molar-refractivity contribution >= 4 is 10.8 Å². The van der Waals surface area contributed by atoms with Crippen LogP contribution in [0, 0.1) is 5.92 Å². The fourth-order valence-corrected chi connectivity index (χ4v) is 2.42.